The molecule has 0 spiro atoms. The molecule has 1 aliphatic heterocycles. The van der Waals surface area contributed by atoms with E-state index in [1.807, 2.05) is 12.1 Å². The van der Waals surface area contributed by atoms with Crippen molar-refractivity contribution in [1.29, 1.82) is 0 Å². The maximum atomic E-state index is 13.6. The molecule has 1 heterocycles. The van der Waals surface area contributed by atoms with E-state index in [-0.39, 0.29) is 11.9 Å². The molecule has 1 fully saturated rings. The van der Waals surface area contributed by atoms with Gasteiger partial charge >= 0.3 is 0 Å². The first-order valence-electron chi connectivity index (χ1n) is 5.71. The quantitative estimate of drug-likeness (QED) is 0.692. The molecule has 2 rings (SSSR count). The van der Waals surface area contributed by atoms with Gasteiger partial charge in [-0.3, -0.25) is 0 Å². The van der Waals surface area contributed by atoms with Gasteiger partial charge in [0.25, 0.3) is 0 Å². The molecule has 3 heteroatoms. The lowest BCUT2D eigenvalue weighted by molar-refractivity contribution is -0.926. The second-order valence-electron chi connectivity index (χ2n) is 4.23. The van der Waals surface area contributed by atoms with E-state index in [1.54, 1.807) is 12.1 Å². The van der Waals surface area contributed by atoms with Crippen LogP contribution in [0.4, 0.5) is 4.39 Å². The second-order valence-corrected chi connectivity index (χ2v) is 4.23. The van der Waals surface area contributed by atoms with E-state index >= 15 is 0 Å². The third-order valence-corrected chi connectivity index (χ3v) is 3.31. The Hall–Kier alpha value is -0.930. The first-order chi connectivity index (χ1) is 7.33. The Kier molecular flexibility index (Phi) is 3.34. The summed E-state index contributed by atoms with van der Waals surface area (Å²) >= 11 is 0. The number of benzene rings is 1. The summed E-state index contributed by atoms with van der Waals surface area (Å²) in [6, 6.07) is 7.35. The van der Waals surface area contributed by atoms with Crippen LogP contribution in [-0.4, -0.2) is 19.6 Å². The molecular formula is C12H19FN2+2. The van der Waals surface area contributed by atoms with E-state index in [0.29, 0.717) is 0 Å². The number of nitrogens with one attached hydrogen (secondary N) is 1. The van der Waals surface area contributed by atoms with E-state index in [2.05, 4.69) is 5.73 Å². The molecule has 1 aromatic carbocycles. The normalized spacial score (nSPS) is 19.3. The molecule has 1 saturated heterocycles. The van der Waals surface area contributed by atoms with Gasteiger partial charge in [-0.15, -0.1) is 0 Å². The summed E-state index contributed by atoms with van der Waals surface area (Å²) in [5.74, 6) is -0.0782. The average Bonchev–Trinajstić information content (AvgIpc) is 2.75. The molecule has 15 heavy (non-hydrogen) atoms. The van der Waals surface area contributed by atoms with Crippen LogP contribution in [0.25, 0.3) is 0 Å². The summed E-state index contributed by atoms with van der Waals surface area (Å²) in [5, 5.41) is 0. The summed E-state index contributed by atoms with van der Waals surface area (Å²) in [6.07, 6.45) is 2.53. The molecule has 1 aromatic rings. The minimum Gasteiger partial charge on any atom is -0.352 e. The van der Waals surface area contributed by atoms with Crippen LogP contribution < -0.4 is 10.6 Å². The van der Waals surface area contributed by atoms with Gasteiger partial charge in [-0.25, -0.2) is 4.39 Å². The highest BCUT2D eigenvalue weighted by atomic mass is 19.1. The zero-order valence-corrected chi connectivity index (χ0v) is 9.01. The second kappa shape index (κ2) is 4.73. The fourth-order valence-corrected chi connectivity index (χ4v) is 2.51. The van der Waals surface area contributed by atoms with E-state index in [9.17, 15) is 4.39 Å². The van der Waals surface area contributed by atoms with Crippen molar-refractivity contribution < 1.29 is 15.0 Å². The lowest BCUT2D eigenvalue weighted by Crippen LogP contribution is -3.11. The Morgan fingerprint density at radius 1 is 1.27 bits per heavy atom. The van der Waals surface area contributed by atoms with Crippen molar-refractivity contribution in [2.75, 3.05) is 19.6 Å². The Bertz CT molecular complexity index is 321. The van der Waals surface area contributed by atoms with Crippen molar-refractivity contribution in [3.05, 3.63) is 35.6 Å². The smallest absolute Gasteiger partial charge is 0.165 e. The molecule has 0 saturated carbocycles. The first-order valence-corrected chi connectivity index (χ1v) is 5.71. The van der Waals surface area contributed by atoms with Gasteiger partial charge < -0.3 is 10.6 Å². The topological polar surface area (TPSA) is 32.1 Å². The molecule has 2 nitrogen and oxygen atoms in total. The maximum absolute atomic E-state index is 13.6. The van der Waals surface area contributed by atoms with Crippen molar-refractivity contribution in [2.24, 2.45) is 0 Å². The zero-order chi connectivity index (χ0) is 10.7. The third-order valence-electron chi connectivity index (χ3n) is 3.31. The largest absolute Gasteiger partial charge is 0.352 e. The van der Waals surface area contributed by atoms with Gasteiger partial charge in [-0.2, -0.15) is 0 Å². The average molecular weight is 210 g/mol. The van der Waals surface area contributed by atoms with Gasteiger partial charge in [-0.05, 0) is 12.1 Å². The van der Waals surface area contributed by atoms with E-state index in [1.165, 1.54) is 17.7 Å². The summed E-state index contributed by atoms with van der Waals surface area (Å²) < 4.78 is 13.6. The fourth-order valence-electron chi connectivity index (χ4n) is 2.51. The van der Waals surface area contributed by atoms with Crippen LogP contribution in [0.2, 0.25) is 0 Å². The van der Waals surface area contributed by atoms with E-state index < -0.39 is 0 Å². The molecule has 0 aliphatic carbocycles. The van der Waals surface area contributed by atoms with Gasteiger partial charge in [-0.1, -0.05) is 12.1 Å². The van der Waals surface area contributed by atoms with Crippen molar-refractivity contribution >= 4 is 0 Å². The van der Waals surface area contributed by atoms with Crippen LogP contribution in [0, 0.1) is 5.82 Å². The summed E-state index contributed by atoms with van der Waals surface area (Å²) in [6.45, 7) is 3.10. The SMILES string of the molecule is [NH3+]C[C@@H](c1ccccc1F)[NH+]1CCCC1. The molecule has 82 valence electrons. The Labute approximate surface area is 89.9 Å². The highest BCUT2D eigenvalue weighted by Crippen LogP contribution is 2.13. The number of quaternary nitrogens is 2. The van der Waals surface area contributed by atoms with Gasteiger partial charge in [0.05, 0.1) is 18.7 Å². The number of hydrogen-bond acceptors (Lipinski definition) is 0. The van der Waals surface area contributed by atoms with Gasteiger partial charge in [0.1, 0.15) is 12.4 Å². The molecule has 0 unspecified atom stereocenters. The van der Waals surface area contributed by atoms with Crippen LogP contribution in [0.15, 0.2) is 24.3 Å². The molecule has 4 N–H and O–H groups in total. The number of halogens is 1. The first kappa shape index (κ1) is 10.6. The predicted octanol–water partition coefficient (Wildman–Crippen LogP) is -0.213. The van der Waals surface area contributed by atoms with Crippen molar-refractivity contribution in [3.63, 3.8) is 0 Å². The molecule has 0 aromatic heterocycles. The standard InChI is InChI=1S/C12H17FN2/c13-11-6-2-1-5-10(11)12(9-14)15-7-3-4-8-15/h1-2,5-6,12H,3-4,7-9,14H2/p+2/t12-/m0/s1. The van der Waals surface area contributed by atoms with Gasteiger partial charge in [0, 0.05) is 12.8 Å². The molecule has 0 bridgehead atoms. The lowest BCUT2D eigenvalue weighted by atomic mass is 10.1. The minimum absolute atomic E-state index is 0.0782. The van der Waals surface area contributed by atoms with Crippen molar-refractivity contribution in [3.8, 4) is 0 Å². The van der Waals surface area contributed by atoms with Crippen LogP contribution >= 0.6 is 0 Å². The van der Waals surface area contributed by atoms with Crippen molar-refractivity contribution in [2.45, 2.75) is 18.9 Å². The Balaban J connectivity index is 2.22. The molecule has 0 amide bonds. The van der Waals surface area contributed by atoms with E-state index in [0.717, 1.165) is 25.2 Å². The third kappa shape index (κ3) is 2.19. The van der Waals surface area contributed by atoms with Crippen LogP contribution in [0.1, 0.15) is 24.4 Å². The number of likely N-dealkylation sites (tertiary alicyclic amines) is 1. The number of hydrogen-bond donors (Lipinski definition) is 2. The Morgan fingerprint density at radius 3 is 2.53 bits per heavy atom. The zero-order valence-electron chi connectivity index (χ0n) is 9.01. The summed E-state index contributed by atoms with van der Waals surface area (Å²) in [7, 11) is 0. The molecular weight excluding hydrogens is 191 g/mol. The fraction of sp³-hybridized carbons (Fsp3) is 0.500. The monoisotopic (exact) mass is 210 g/mol. The highest BCUT2D eigenvalue weighted by Gasteiger charge is 2.29. The van der Waals surface area contributed by atoms with Crippen LogP contribution in [-0.2, 0) is 0 Å². The van der Waals surface area contributed by atoms with Gasteiger partial charge in [0.15, 0.2) is 6.04 Å². The summed E-state index contributed by atoms with van der Waals surface area (Å²) in [5.41, 5.74) is 4.80. The number of rotatable bonds is 3. The highest BCUT2D eigenvalue weighted by molar-refractivity contribution is 5.19. The minimum atomic E-state index is -0.0782. The molecule has 0 radical (unpaired) electrons. The van der Waals surface area contributed by atoms with Crippen LogP contribution in [0.5, 0.6) is 0 Å². The maximum Gasteiger partial charge on any atom is 0.165 e. The summed E-state index contributed by atoms with van der Waals surface area (Å²) in [4.78, 5) is 1.50. The van der Waals surface area contributed by atoms with E-state index in [4.69, 9.17) is 0 Å². The molecule has 1 atom stereocenters. The van der Waals surface area contributed by atoms with Crippen LogP contribution in [0.3, 0.4) is 0 Å². The van der Waals surface area contributed by atoms with Gasteiger partial charge in [0.2, 0.25) is 0 Å². The predicted molar refractivity (Wildman–Crippen MR) is 56.8 cm³/mol. The van der Waals surface area contributed by atoms with Crippen molar-refractivity contribution in [1.82, 2.24) is 0 Å². The molecule has 1 aliphatic rings. The Morgan fingerprint density at radius 2 is 1.93 bits per heavy atom. The lowest BCUT2D eigenvalue weighted by Gasteiger charge is -2.22.